The molecule has 5 aromatic rings. The Morgan fingerprint density at radius 2 is 1.92 bits per heavy atom. The van der Waals surface area contributed by atoms with Crippen molar-refractivity contribution in [2.45, 2.75) is 45.4 Å². The van der Waals surface area contributed by atoms with Crippen molar-refractivity contribution in [1.82, 2.24) is 24.1 Å². The monoisotopic (exact) mass is 480 g/mol. The Morgan fingerprint density at radius 3 is 2.72 bits per heavy atom. The average Bonchev–Trinajstić information content (AvgIpc) is 3.35. The molecule has 2 aromatic carbocycles. The number of hydrogen-bond donors (Lipinski definition) is 1. The molecule has 0 aliphatic carbocycles. The molecule has 2 atom stereocenters. The summed E-state index contributed by atoms with van der Waals surface area (Å²) in [5, 5.41) is 5.16. The Bertz CT molecular complexity index is 1600. The summed E-state index contributed by atoms with van der Waals surface area (Å²) in [5.74, 6) is 0.624. The van der Waals surface area contributed by atoms with Crippen molar-refractivity contribution < 1.29 is 4.74 Å². The van der Waals surface area contributed by atoms with E-state index in [1.54, 1.807) is 17.2 Å². The second-order valence-electron chi connectivity index (χ2n) is 9.32. The van der Waals surface area contributed by atoms with E-state index < -0.39 is 0 Å². The highest BCUT2D eigenvalue weighted by atomic mass is 16.5. The fourth-order valence-electron chi connectivity index (χ4n) is 5.11. The molecule has 1 aliphatic rings. The number of nitrogens with one attached hydrogen (secondary N) is 1. The number of rotatable bonds is 5. The molecule has 36 heavy (non-hydrogen) atoms. The molecule has 0 radical (unpaired) electrons. The van der Waals surface area contributed by atoms with Crippen LogP contribution in [0.25, 0.3) is 27.6 Å². The summed E-state index contributed by atoms with van der Waals surface area (Å²) in [4.78, 5) is 27.4. The first kappa shape index (κ1) is 22.4. The predicted molar refractivity (Wildman–Crippen MR) is 140 cm³/mol. The predicted octanol–water partition coefficient (Wildman–Crippen LogP) is 5.31. The van der Waals surface area contributed by atoms with Crippen LogP contribution in [0.5, 0.6) is 0 Å². The van der Waals surface area contributed by atoms with Gasteiger partial charge >= 0.3 is 0 Å². The second kappa shape index (κ2) is 9.20. The van der Waals surface area contributed by atoms with E-state index in [0.717, 1.165) is 59.2 Å². The molecule has 0 bridgehead atoms. The van der Waals surface area contributed by atoms with Crippen LogP contribution in [0.1, 0.15) is 49.7 Å². The van der Waals surface area contributed by atoms with Crippen LogP contribution < -0.4 is 10.9 Å². The lowest BCUT2D eigenvalue weighted by Gasteiger charge is -2.24. The molecule has 0 amide bonds. The van der Waals surface area contributed by atoms with Gasteiger partial charge in [0.2, 0.25) is 0 Å². The van der Waals surface area contributed by atoms with Crippen molar-refractivity contribution in [1.29, 1.82) is 0 Å². The van der Waals surface area contributed by atoms with Crippen molar-refractivity contribution in [2.24, 2.45) is 0 Å². The maximum atomic E-state index is 13.8. The number of benzene rings is 2. The number of hydrogen-bond acceptors (Lipinski definition) is 6. The zero-order valence-electron chi connectivity index (χ0n) is 20.4. The largest absolute Gasteiger partial charge is 0.360 e. The number of imidazole rings is 1. The summed E-state index contributed by atoms with van der Waals surface area (Å²) in [5.41, 5.74) is 4.01. The van der Waals surface area contributed by atoms with Gasteiger partial charge in [0.25, 0.3) is 5.56 Å². The minimum atomic E-state index is -0.239. The van der Waals surface area contributed by atoms with Crippen molar-refractivity contribution in [2.75, 3.05) is 11.9 Å². The third kappa shape index (κ3) is 3.83. The Kier molecular flexibility index (Phi) is 5.73. The number of para-hydroxylation sites is 1. The van der Waals surface area contributed by atoms with Crippen LogP contribution >= 0.6 is 0 Å². The summed E-state index contributed by atoms with van der Waals surface area (Å²) in [6.07, 6.45) is 6.41. The number of nitrogens with zero attached hydrogens (tertiary/aromatic N) is 5. The van der Waals surface area contributed by atoms with E-state index in [1.165, 1.54) is 0 Å². The standard InChI is InChI=1S/C28H28N6O2/c1-18-9-8-10-20-15-22(34(28(35)24(18)20)21-11-4-3-5-12-21)19(2)32-26-25-27(30-16-29-26)33(17-31-25)23-13-6-7-14-36-23/h3-5,8-12,15-17,19,23H,6-7,13-14H2,1-2H3,(H,29,30,32). The molecule has 1 aliphatic heterocycles. The van der Waals surface area contributed by atoms with Crippen LogP contribution in [0.2, 0.25) is 0 Å². The SMILES string of the molecule is Cc1cccc2cc(C(C)Nc3ncnc4c3ncn4C3CCCCO3)n(-c3ccccc3)c(=O)c12. The van der Waals surface area contributed by atoms with Gasteiger partial charge in [-0.3, -0.25) is 13.9 Å². The summed E-state index contributed by atoms with van der Waals surface area (Å²) in [6, 6.07) is 17.5. The van der Waals surface area contributed by atoms with E-state index in [9.17, 15) is 4.79 Å². The fourth-order valence-corrected chi connectivity index (χ4v) is 5.11. The van der Waals surface area contributed by atoms with Crippen LogP contribution in [0.4, 0.5) is 5.82 Å². The van der Waals surface area contributed by atoms with Crippen molar-refractivity contribution in [3.8, 4) is 5.69 Å². The highest BCUT2D eigenvalue weighted by molar-refractivity contribution is 5.86. The van der Waals surface area contributed by atoms with Gasteiger partial charge in [-0.25, -0.2) is 15.0 Å². The quantitative estimate of drug-likeness (QED) is 0.367. The van der Waals surface area contributed by atoms with Crippen LogP contribution in [0.15, 0.2) is 72.0 Å². The Morgan fingerprint density at radius 1 is 1.06 bits per heavy atom. The van der Waals surface area contributed by atoms with E-state index in [4.69, 9.17) is 4.74 Å². The zero-order chi connectivity index (χ0) is 24.6. The molecular formula is C28H28N6O2. The lowest BCUT2D eigenvalue weighted by atomic mass is 10.0. The van der Waals surface area contributed by atoms with Gasteiger partial charge in [-0.2, -0.15) is 0 Å². The normalized spacial score (nSPS) is 16.9. The van der Waals surface area contributed by atoms with Gasteiger partial charge in [-0.05, 0) is 62.3 Å². The molecule has 182 valence electrons. The van der Waals surface area contributed by atoms with E-state index >= 15 is 0 Å². The maximum absolute atomic E-state index is 13.8. The van der Waals surface area contributed by atoms with Crippen LogP contribution in [-0.4, -0.2) is 30.7 Å². The lowest BCUT2D eigenvalue weighted by Crippen LogP contribution is -2.26. The number of pyridine rings is 1. The fraction of sp³-hybridized carbons (Fsp3) is 0.286. The molecule has 0 saturated carbocycles. The van der Waals surface area contributed by atoms with Gasteiger partial charge in [-0.15, -0.1) is 0 Å². The van der Waals surface area contributed by atoms with Gasteiger partial charge in [0.05, 0.1) is 17.8 Å². The number of anilines is 1. The summed E-state index contributed by atoms with van der Waals surface area (Å²) in [7, 11) is 0. The van der Waals surface area contributed by atoms with Gasteiger partial charge in [0, 0.05) is 18.0 Å². The third-order valence-electron chi connectivity index (χ3n) is 6.92. The minimum Gasteiger partial charge on any atom is -0.360 e. The smallest absolute Gasteiger partial charge is 0.263 e. The highest BCUT2D eigenvalue weighted by Crippen LogP contribution is 2.30. The first-order valence-electron chi connectivity index (χ1n) is 12.4. The summed E-state index contributed by atoms with van der Waals surface area (Å²) in [6.45, 7) is 4.76. The molecule has 2 unspecified atom stereocenters. The topological polar surface area (TPSA) is 86.9 Å². The number of ether oxygens (including phenoxy) is 1. The van der Waals surface area contributed by atoms with E-state index in [0.29, 0.717) is 11.3 Å². The summed E-state index contributed by atoms with van der Waals surface area (Å²) >= 11 is 0. The average molecular weight is 481 g/mol. The molecule has 1 saturated heterocycles. The van der Waals surface area contributed by atoms with Crippen LogP contribution in [0.3, 0.4) is 0 Å². The first-order valence-corrected chi connectivity index (χ1v) is 12.4. The summed E-state index contributed by atoms with van der Waals surface area (Å²) < 4.78 is 9.74. The van der Waals surface area contributed by atoms with E-state index in [2.05, 4.69) is 26.3 Å². The molecule has 8 nitrogen and oxygen atoms in total. The first-order chi connectivity index (χ1) is 17.6. The second-order valence-corrected chi connectivity index (χ2v) is 9.32. The van der Waals surface area contributed by atoms with Gasteiger partial charge in [0.1, 0.15) is 12.6 Å². The highest BCUT2D eigenvalue weighted by Gasteiger charge is 2.22. The maximum Gasteiger partial charge on any atom is 0.263 e. The molecule has 6 rings (SSSR count). The zero-order valence-corrected chi connectivity index (χ0v) is 20.4. The van der Waals surface area contributed by atoms with Gasteiger partial charge in [0.15, 0.2) is 17.0 Å². The Labute approximate surface area is 208 Å². The molecule has 4 heterocycles. The van der Waals surface area contributed by atoms with Crippen molar-refractivity contribution in [3.63, 3.8) is 0 Å². The van der Waals surface area contributed by atoms with E-state index in [-0.39, 0.29) is 17.8 Å². The molecule has 1 fully saturated rings. The number of aromatic nitrogens is 5. The molecule has 0 spiro atoms. The number of fused-ring (bicyclic) bond motifs is 2. The third-order valence-corrected chi connectivity index (χ3v) is 6.92. The molecule has 3 aromatic heterocycles. The van der Waals surface area contributed by atoms with Gasteiger partial charge < -0.3 is 10.1 Å². The van der Waals surface area contributed by atoms with Crippen LogP contribution in [0, 0.1) is 6.92 Å². The van der Waals surface area contributed by atoms with Crippen molar-refractivity contribution in [3.05, 3.63) is 88.9 Å². The van der Waals surface area contributed by atoms with E-state index in [1.807, 2.05) is 66.9 Å². The van der Waals surface area contributed by atoms with Crippen molar-refractivity contribution >= 4 is 27.8 Å². The van der Waals surface area contributed by atoms with Crippen LogP contribution in [-0.2, 0) is 4.74 Å². The minimum absolute atomic E-state index is 0.0352. The molecule has 8 heteroatoms. The Hall–Kier alpha value is -4.04. The van der Waals surface area contributed by atoms with Gasteiger partial charge in [-0.1, -0.05) is 36.4 Å². The lowest BCUT2D eigenvalue weighted by molar-refractivity contribution is -0.0298. The number of aryl methyl sites for hydroxylation is 1. The molecule has 1 N–H and O–H groups in total. The molecular weight excluding hydrogens is 452 g/mol. The Balaban J connectivity index is 1.44.